The number of urea groups is 1. The van der Waals surface area contributed by atoms with E-state index in [1.807, 2.05) is 0 Å². The van der Waals surface area contributed by atoms with E-state index >= 15 is 0 Å². The number of hydrogen-bond donors (Lipinski definition) is 1. The zero-order chi connectivity index (χ0) is 13.3. The maximum Gasteiger partial charge on any atom is 0.329 e. The molecule has 2 rings (SSSR count). The predicted octanol–water partition coefficient (Wildman–Crippen LogP) is -0.00900. The number of nitrogens with one attached hydrogen (secondary N) is 1. The van der Waals surface area contributed by atoms with E-state index in [-0.39, 0.29) is 6.03 Å². The van der Waals surface area contributed by atoms with E-state index in [4.69, 9.17) is 4.74 Å². The second-order valence-electron chi connectivity index (χ2n) is 4.38. The minimum Gasteiger partial charge on any atom is -0.467 e. The van der Waals surface area contributed by atoms with Crippen LogP contribution >= 0.6 is 0 Å². The minimum atomic E-state index is -0.610. The molecule has 0 radical (unpaired) electrons. The van der Waals surface area contributed by atoms with Gasteiger partial charge in [0.2, 0.25) is 0 Å². The fourth-order valence-electron chi connectivity index (χ4n) is 2.04. The Morgan fingerprint density at radius 2 is 2.28 bits per heavy atom. The quantitative estimate of drug-likeness (QED) is 0.713. The number of carbonyl (C=O) groups excluding carboxylic acids is 2. The minimum absolute atomic E-state index is 0.217. The van der Waals surface area contributed by atoms with Gasteiger partial charge in [-0.1, -0.05) is 0 Å². The Bertz CT molecular complexity index is 469. The monoisotopic (exact) mass is 252 g/mol. The van der Waals surface area contributed by atoms with Gasteiger partial charge in [-0.05, 0) is 0 Å². The van der Waals surface area contributed by atoms with Crippen molar-refractivity contribution in [3.63, 3.8) is 0 Å². The predicted molar refractivity (Wildman–Crippen MR) is 62.7 cm³/mol. The van der Waals surface area contributed by atoms with Crippen LogP contribution in [0.25, 0.3) is 0 Å². The Morgan fingerprint density at radius 3 is 2.89 bits per heavy atom. The zero-order valence-electron chi connectivity index (χ0n) is 10.6. The molecule has 0 fully saturated rings. The topological polar surface area (TPSA) is 78.5 Å². The molecular formula is C11H16N4O3. The number of hydrogen-bond acceptors (Lipinski definition) is 4. The molecule has 0 aromatic carbocycles. The van der Waals surface area contributed by atoms with Crippen molar-refractivity contribution in [2.45, 2.75) is 19.0 Å². The smallest absolute Gasteiger partial charge is 0.329 e. The number of aromatic nitrogens is 2. The van der Waals surface area contributed by atoms with E-state index < -0.39 is 12.0 Å². The van der Waals surface area contributed by atoms with Gasteiger partial charge in [0, 0.05) is 20.5 Å². The van der Waals surface area contributed by atoms with Gasteiger partial charge in [0.1, 0.15) is 6.04 Å². The van der Waals surface area contributed by atoms with Crippen LogP contribution in [0.4, 0.5) is 4.79 Å². The first-order chi connectivity index (χ1) is 8.54. The average molecular weight is 252 g/mol. The summed E-state index contributed by atoms with van der Waals surface area (Å²) in [6.07, 6.45) is 1.95. The van der Waals surface area contributed by atoms with Gasteiger partial charge in [-0.25, -0.2) is 14.6 Å². The summed E-state index contributed by atoms with van der Waals surface area (Å²) in [6.45, 7) is 0.339. The molecular weight excluding hydrogens is 236 g/mol. The number of methoxy groups -OCH3 is 1. The highest BCUT2D eigenvalue weighted by atomic mass is 16.5. The molecule has 7 nitrogen and oxygen atoms in total. The number of aromatic amines is 1. The summed E-state index contributed by atoms with van der Waals surface area (Å²) in [7, 11) is 4.62. The molecule has 1 aliphatic rings. The highest BCUT2D eigenvalue weighted by Crippen LogP contribution is 2.22. The number of rotatable bonds is 1. The third kappa shape index (κ3) is 2.03. The van der Waals surface area contributed by atoms with Gasteiger partial charge >= 0.3 is 12.0 Å². The number of ether oxygens (including phenoxy) is 1. The Kier molecular flexibility index (Phi) is 3.22. The van der Waals surface area contributed by atoms with Crippen molar-refractivity contribution in [3.8, 4) is 0 Å². The molecule has 2 amide bonds. The summed E-state index contributed by atoms with van der Waals surface area (Å²) in [5.74, 6) is -0.418. The summed E-state index contributed by atoms with van der Waals surface area (Å²) >= 11 is 0. The summed E-state index contributed by atoms with van der Waals surface area (Å²) in [4.78, 5) is 33.9. The third-order valence-corrected chi connectivity index (χ3v) is 3.00. The average Bonchev–Trinajstić information content (AvgIpc) is 2.82. The first-order valence-electron chi connectivity index (χ1n) is 5.61. The van der Waals surface area contributed by atoms with Crippen molar-refractivity contribution in [1.82, 2.24) is 19.8 Å². The highest BCUT2D eigenvalue weighted by Gasteiger charge is 2.37. The van der Waals surface area contributed by atoms with Crippen LogP contribution in [0.5, 0.6) is 0 Å². The van der Waals surface area contributed by atoms with Gasteiger partial charge in [0.05, 0.1) is 31.4 Å². The van der Waals surface area contributed by atoms with Gasteiger partial charge in [0.25, 0.3) is 0 Å². The van der Waals surface area contributed by atoms with Crippen LogP contribution in [0.1, 0.15) is 11.4 Å². The second-order valence-corrected chi connectivity index (χ2v) is 4.38. The molecule has 0 spiro atoms. The van der Waals surface area contributed by atoms with E-state index in [2.05, 4.69) is 9.97 Å². The van der Waals surface area contributed by atoms with E-state index in [1.165, 1.54) is 16.9 Å². The SMILES string of the molecule is COC(=O)C1Cc2nc[nH]c2CN1C(=O)N(C)C. The van der Waals surface area contributed by atoms with Gasteiger partial charge in [-0.2, -0.15) is 0 Å². The molecule has 18 heavy (non-hydrogen) atoms. The molecule has 0 saturated carbocycles. The molecule has 0 bridgehead atoms. The van der Waals surface area contributed by atoms with Crippen molar-refractivity contribution in [3.05, 3.63) is 17.7 Å². The lowest BCUT2D eigenvalue weighted by Gasteiger charge is -2.34. The second kappa shape index (κ2) is 4.67. The highest BCUT2D eigenvalue weighted by molar-refractivity contribution is 5.84. The Hall–Kier alpha value is -2.05. The lowest BCUT2D eigenvalue weighted by Crippen LogP contribution is -2.52. The molecule has 1 N–H and O–H groups in total. The third-order valence-electron chi connectivity index (χ3n) is 3.00. The fraction of sp³-hybridized carbons (Fsp3) is 0.545. The lowest BCUT2D eigenvalue weighted by atomic mass is 10.0. The summed E-state index contributed by atoms with van der Waals surface area (Å²) in [5.41, 5.74) is 1.68. The van der Waals surface area contributed by atoms with Gasteiger partial charge < -0.3 is 19.5 Å². The summed E-state index contributed by atoms with van der Waals surface area (Å²) in [6, 6.07) is -0.827. The number of H-pyrrole nitrogens is 1. The number of imidazole rings is 1. The van der Waals surface area contributed by atoms with E-state index in [1.54, 1.807) is 20.4 Å². The van der Waals surface area contributed by atoms with Crippen LogP contribution in [0.3, 0.4) is 0 Å². The van der Waals surface area contributed by atoms with Gasteiger partial charge in [-0.3, -0.25) is 0 Å². The first kappa shape index (κ1) is 12.4. The molecule has 7 heteroatoms. The summed E-state index contributed by atoms with van der Waals surface area (Å²) < 4.78 is 4.75. The maximum atomic E-state index is 12.1. The molecule has 1 aromatic heterocycles. The van der Waals surface area contributed by atoms with E-state index in [0.29, 0.717) is 13.0 Å². The van der Waals surface area contributed by atoms with Crippen LogP contribution in [0, 0.1) is 0 Å². The van der Waals surface area contributed by atoms with Crippen molar-refractivity contribution in [2.24, 2.45) is 0 Å². The number of fused-ring (bicyclic) bond motifs is 1. The molecule has 1 unspecified atom stereocenters. The number of carbonyl (C=O) groups is 2. The van der Waals surface area contributed by atoms with Crippen LogP contribution in [-0.4, -0.2) is 59.0 Å². The van der Waals surface area contributed by atoms with Crippen molar-refractivity contribution in [1.29, 1.82) is 0 Å². The first-order valence-corrected chi connectivity index (χ1v) is 5.61. The Labute approximate surface area is 105 Å². The van der Waals surface area contributed by atoms with Crippen LogP contribution in [0.15, 0.2) is 6.33 Å². The largest absolute Gasteiger partial charge is 0.467 e. The van der Waals surface area contributed by atoms with Crippen LogP contribution in [-0.2, 0) is 22.5 Å². The number of nitrogens with zero attached hydrogens (tertiary/aromatic N) is 3. The van der Waals surface area contributed by atoms with Gasteiger partial charge in [-0.15, -0.1) is 0 Å². The Morgan fingerprint density at radius 1 is 1.56 bits per heavy atom. The van der Waals surface area contributed by atoms with Crippen LogP contribution in [0.2, 0.25) is 0 Å². The molecule has 1 aromatic rings. The zero-order valence-corrected chi connectivity index (χ0v) is 10.6. The van der Waals surface area contributed by atoms with Gasteiger partial charge in [0.15, 0.2) is 0 Å². The van der Waals surface area contributed by atoms with Crippen molar-refractivity contribution < 1.29 is 14.3 Å². The fourth-order valence-corrected chi connectivity index (χ4v) is 2.04. The molecule has 0 aliphatic carbocycles. The lowest BCUT2D eigenvalue weighted by molar-refractivity contribution is -0.146. The maximum absolute atomic E-state index is 12.1. The molecule has 0 saturated heterocycles. The van der Waals surface area contributed by atoms with Crippen molar-refractivity contribution >= 4 is 12.0 Å². The van der Waals surface area contributed by atoms with Crippen molar-refractivity contribution in [2.75, 3.05) is 21.2 Å². The van der Waals surface area contributed by atoms with E-state index in [0.717, 1.165) is 11.4 Å². The standard InChI is InChI=1S/C11H16N4O3/c1-14(2)11(17)15-5-8-7(12-6-13-8)4-9(15)10(16)18-3/h6,9H,4-5H2,1-3H3,(H,12,13). The summed E-state index contributed by atoms with van der Waals surface area (Å²) in [5, 5.41) is 0. The van der Waals surface area contributed by atoms with Crippen LogP contribution < -0.4 is 0 Å². The number of esters is 1. The molecule has 98 valence electrons. The number of amides is 2. The van der Waals surface area contributed by atoms with E-state index in [9.17, 15) is 9.59 Å². The Balaban J connectivity index is 2.30. The normalized spacial score (nSPS) is 18.2. The molecule has 2 heterocycles. The molecule has 1 atom stereocenters. The molecule has 1 aliphatic heterocycles.